The molecule has 0 heterocycles. The van der Waals surface area contributed by atoms with E-state index in [-0.39, 0.29) is 5.75 Å². The van der Waals surface area contributed by atoms with Crippen LogP contribution >= 0.6 is 0 Å². The number of rotatable bonds is 6. The van der Waals surface area contributed by atoms with Crippen LogP contribution in [-0.2, 0) is 0 Å². The molecule has 0 saturated heterocycles. The molecule has 0 saturated carbocycles. The number of alkyl halides is 3. The molecule has 0 aliphatic rings. The lowest BCUT2D eigenvalue weighted by Crippen LogP contribution is -2.19. The van der Waals surface area contributed by atoms with E-state index < -0.39 is 6.36 Å². The number of hydrogen-bond acceptors (Lipinski definition) is 2. The molecule has 18 heavy (non-hydrogen) atoms. The molecule has 1 unspecified atom stereocenters. The lowest BCUT2D eigenvalue weighted by atomic mass is 10.1. The molecule has 1 aromatic rings. The van der Waals surface area contributed by atoms with Gasteiger partial charge in [0.2, 0.25) is 0 Å². The maximum absolute atomic E-state index is 12.2. The lowest BCUT2D eigenvalue weighted by Gasteiger charge is -2.16. The van der Waals surface area contributed by atoms with E-state index in [0.29, 0.717) is 18.2 Å². The molecule has 0 aromatic heterocycles. The van der Waals surface area contributed by atoms with E-state index in [4.69, 9.17) is 0 Å². The number of benzene rings is 1. The number of nitrogens with one attached hydrogen (secondary N) is 1. The minimum absolute atomic E-state index is 0.186. The minimum atomic E-state index is -4.66. The Morgan fingerprint density at radius 2 is 1.94 bits per heavy atom. The molecule has 0 fully saturated rings. The predicted molar refractivity (Wildman–Crippen MR) is 65.7 cm³/mol. The molecule has 1 aromatic carbocycles. The smallest absolute Gasteiger partial charge is 0.404 e. The average molecular weight is 261 g/mol. The number of hydrogen-bond donors (Lipinski definition) is 1. The van der Waals surface area contributed by atoms with Crippen molar-refractivity contribution >= 4 is 5.69 Å². The molecule has 0 aliphatic heterocycles. The Hall–Kier alpha value is -1.39. The van der Waals surface area contributed by atoms with Crippen molar-refractivity contribution in [3.8, 4) is 5.75 Å². The van der Waals surface area contributed by atoms with Crippen LogP contribution in [0.15, 0.2) is 24.3 Å². The standard InChI is InChI=1S/C13H18F3NO/c1-3-6-10(2)9-17-11-7-4-5-8-12(11)18-13(14,15)16/h4-5,7-8,10,17H,3,6,9H2,1-2H3. The van der Waals surface area contributed by atoms with Gasteiger partial charge in [-0.3, -0.25) is 0 Å². The van der Waals surface area contributed by atoms with Crippen molar-refractivity contribution in [2.75, 3.05) is 11.9 Å². The van der Waals surface area contributed by atoms with Crippen LogP contribution in [0, 0.1) is 5.92 Å². The van der Waals surface area contributed by atoms with E-state index in [0.717, 1.165) is 12.8 Å². The fourth-order valence-electron chi connectivity index (χ4n) is 1.71. The largest absolute Gasteiger partial charge is 0.573 e. The van der Waals surface area contributed by atoms with E-state index in [1.54, 1.807) is 12.1 Å². The summed E-state index contributed by atoms with van der Waals surface area (Å²) in [4.78, 5) is 0. The van der Waals surface area contributed by atoms with Crippen LogP contribution in [0.1, 0.15) is 26.7 Å². The highest BCUT2D eigenvalue weighted by Crippen LogP contribution is 2.30. The minimum Gasteiger partial charge on any atom is -0.404 e. The second-order valence-corrected chi connectivity index (χ2v) is 4.32. The SMILES string of the molecule is CCCC(C)CNc1ccccc1OC(F)(F)F. The van der Waals surface area contributed by atoms with Gasteiger partial charge in [0.05, 0.1) is 5.69 Å². The third-order valence-electron chi connectivity index (χ3n) is 2.54. The first-order valence-corrected chi connectivity index (χ1v) is 6.01. The summed E-state index contributed by atoms with van der Waals surface area (Å²) in [5.74, 6) is 0.225. The van der Waals surface area contributed by atoms with E-state index in [2.05, 4.69) is 23.9 Å². The van der Waals surface area contributed by atoms with Crippen LogP contribution in [-0.4, -0.2) is 12.9 Å². The summed E-state index contributed by atoms with van der Waals surface area (Å²) in [6.45, 7) is 4.77. The predicted octanol–water partition coefficient (Wildman–Crippen LogP) is 4.43. The van der Waals surface area contributed by atoms with Crippen LogP contribution in [0.5, 0.6) is 5.75 Å². The number of ether oxygens (including phenoxy) is 1. The highest BCUT2D eigenvalue weighted by molar-refractivity contribution is 5.56. The summed E-state index contributed by atoms with van der Waals surface area (Å²) in [5, 5.41) is 3.00. The summed E-state index contributed by atoms with van der Waals surface area (Å²) < 4.78 is 40.5. The third kappa shape index (κ3) is 5.29. The summed E-state index contributed by atoms with van der Waals surface area (Å²) in [6.07, 6.45) is -2.56. The van der Waals surface area contributed by atoms with Gasteiger partial charge in [0.15, 0.2) is 5.75 Å². The van der Waals surface area contributed by atoms with Gasteiger partial charge >= 0.3 is 6.36 Å². The average Bonchev–Trinajstić information content (AvgIpc) is 2.26. The van der Waals surface area contributed by atoms with Crippen molar-refractivity contribution < 1.29 is 17.9 Å². The molecule has 0 aliphatic carbocycles. The fourth-order valence-corrected chi connectivity index (χ4v) is 1.71. The van der Waals surface area contributed by atoms with Gasteiger partial charge in [0, 0.05) is 6.54 Å². The normalized spacial score (nSPS) is 13.2. The quantitative estimate of drug-likeness (QED) is 0.817. The van der Waals surface area contributed by atoms with Crippen LogP contribution in [0.3, 0.4) is 0 Å². The monoisotopic (exact) mass is 261 g/mol. The van der Waals surface area contributed by atoms with Crippen LogP contribution in [0.2, 0.25) is 0 Å². The topological polar surface area (TPSA) is 21.3 Å². The molecule has 5 heteroatoms. The first kappa shape index (κ1) is 14.7. The number of halogens is 3. The van der Waals surface area contributed by atoms with E-state index in [1.165, 1.54) is 12.1 Å². The first-order valence-electron chi connectivity index (χ1n) is 6.01. The highest BCUT2D eigenvalue weighted by Gasteiger charge is 2.32. The summed E-state index contributed by atoms with van der Waals surface area (Å²) in [5.41, 5.74) is 0.373. The number of para-hydroxylation sites is 2. The van der Waals surface area contributed by atoms with Gasteiger partial charge < -0.3 is 10.1 Å². The van der Waals surface area contributed by atoms with Crippen molar-refractivity contribution in [2.45, 2.75) is 33.1 Å². The fraction of sp³-hybridized carbons (Fsp3) is 0.538. The van der Waals surface area contributed by atoms with Crippen LogP contribution in [0.25, 0.3) is 0 Å². The Morgan fingerprint density at radius 3 is 2.56 bits per heavy atom. The first-order chi connectivity index (χ1) is 8.42. The van der Waals surface area contributed by atoms with E-state index in [9.17, 15) is 13.2 Å². The zero-order valence-corrected chi connectivity index (χ0v) is 10.6. The van der Waals surface area contributed by atoms with Gasteiger partial charge in [-0.15, -0.1) is 13.2 Å². The van der Waals surface area contributed by atoms with Gasteiger partial charge in [0.25, 0.3) is 0 Å². The third-order valence-corrected chi connectivity index (χ3v) is 2.54. The second kappa shape index (κ2) is 6.52. The summed E-state index contributed by atoms with van der Waals surface area (Å²) >= 11 is 0. The van der Waals surface area contributed by atoms with Gasteiger partial charge in [-0.1, -0.05) is 32.4 Å². The Balaban J connectivity index is 2.65. The molecule has 2 nitrogen and oxygen atoms in total. The summed E-state index contributed by atoms with van der Waals surface area (Å²) in [6, 6.07) is 6.08. The van der Waals surface area contributed by atoms with Gasteiger partial charge in [-0.2, -0.15) is 0 Å². The molecule has 0 spiro atoms. The van der Waals surface area contributed by atoms with Crippen molar-refractivity contribution in [3.05, 3.63) is 24.3 Å². The van der Waals surface area contributed by atoms with Crippen molar-refractivity contribution in [3.63, 3.8) is 0 Å². The maximum Gasteiger partial charge on any atom is 0.573 e. The van der Waals surface area contributed by atoms with Crippen molar-refractivity contribution in [1.82, 2.24) is 0 Å². The molecular weight excluding hydrogens is 243 g/mol. The Kier molecular flexibility index (Phi) is 5.31. The molecule has 0 amide bonds. The Bertz CT molecular complexity index is 365. The molecule has 1 atom stereocenters. The van der Waals surface area contributed by atoms with Crippen LogP contribution < -0.4 is 10.1 Å². The Morgan fingerprint density at radius 1 is 1.28 bits per heavy atom. The zero-order chi connectivity index (χ0) is 13.6. The molecule has 102 valence electrons. The van der Waals surface area contributed by atoms with Crippen LogP contribution in [0.4, 0.5) is 18.9 Å². The molecule has 0 radical (unpaired) electrons. The molecule has 1 N–H and O–H groups in total. The van der Waals surface area contributed by atoms with Crippen molar-refractivity contribution in [2.24, 2.45) is 5.92 Å². The highest BCUT2D eigenvalue weighted by atomic mass is 19.4. The van der Waals surface area contributed by atoms with Gasteiger partial charge in [-0.05, 0) is 24.5 Å². The summed E-state index contributed by atoms with van der Waals surface area (Å²) in [7, 11) is 0. The molecular formula is C13H18F3NO. The Labute approximate surface area is 105 Å². The molecule has 1 rings (SSSR count). The zero-order valence-electron chi connectivity index (χ0n) is 10.6. The van der Waals surface area contributed by atoms with Crippen molar-refractivity contribution in [1.29, 1.82) is 0 Å². The number of anilines is 1. The van der Waals surface area contributed by atoms with Gasteiger partial charge in [0.1, 0.15) is 0 Å². The van der Waals surface area contributed by atoms with Gasteiger partial charge in [-0.25, -0.2) is 0 Å². The lowest BCUT2D eigenvalue weighted by molar-refractivity contribution is -0.274. The van der Waals surface area contributed by atoms with E-state index in [1.807, 2.05) is 0 Å². The second-order valence-electron chi connectivity index (χ2n) is 4.32. The maximum atomic E-state index is 12.2. The van der Waals surface area contributed by atoms with E-state index >= 15 is 0 Å². The molecule has 0 bridgehead atoms.